The van der Waals surface area contributed by atoms with Gasteiger partial charge in [-0.1, -0.05) is 0 Å². The topological polar surface area (TPSA) is 55.3 Å². The number of rotatable bonds is 8. The third-order valence-electron chi connectivity index (χ3n) is 2.42. The lowest BCUT2D eigenvalue weighted by Gasteiger charge is -2.05. The van der Waals surface area contributed by atoms with E-state index in [1.54, 1.807) is 7.11 Å². The summed E-state index contributed by atoms with van der Waals surface area (Å²) in [5.41, 5.74) is 1.19. The van der Waals surface area contributed by atoms with Gasteiger partial charge in [-0.25, -0.2) is 0 Å². The molecule has 0 saturated carbocycles. The molecule has 1 rings (SSSR count). The maximum Gasteiger partial charge on any atom is 0.234 e. The van der Waals surface area contributed by atoms with Crippen LogP contribution in [0.25, 0.3) is 0 Å². The average Bonchev–Trinajstić information content (AvgIpc) is 2.77. The Hall–Kier alpha value is -1.33. The molecule has 0 aliphatic heterocycles. The molecule has 0 unspecified atom stereocenters. The van der Waals surface area contributed by atoms with Crippen molar-refractivity contribution in [3.8, 4) is 0 Å². The zero-order chi connectivity index (χ0) is 12.5. The van der Waals surface area contributed by atoms with E-state index in [0.29, 0.717) is 26.2 Å². The fourth-order valence-corrected chi connectivity index (χ4v) is 1.47. The van der Waals surface area contributed by atoms with Crippen LogP contribution < -0.4 is 10.6 Å². The molecule has 0 atom stereocenters. The van der Waals surface area contributed by atoms with E-state index in [1.807, 2.05) is 6.20 Å². The van der Waals surface area contributed by atoms with Gasteiger partial charge in [0.25, 0.3) is 0 Å². The number of nitrogens with one attached hydrogen (secondary N) is 2. The van der Waals surface area contributed by atoms with Crippen molar-refractivity contribution in [1.82, 2.24) is 15.2 Å². The molecule has 0 aliphatic rings. The first-order chi connectivity index (χ1) is 8.26. The largest absolute Gasteiger partial charge is 0.383 e. The monoisotopic (exact) mass is 239 g/mol. The van der Waals surface area contributed by atoms with Crippen molar-refractivity contribution in [2.45, 2.75) is 20.0 Å². The van der Waals surface area contributed by atoms with E-state index in [4.69, 9.17) is 4.74 Å². The van der Waals surface area contributed by atoms with Crippen molar-refractivity contribution in [3.63, 3.8) is 0 Å². The fraction of sp³-hybridized carbons (Fsp3) is 0.583. The van der Waals surface area contributed by atoms with E-state index in [9.17, 15) is 4.79 Å². The fourth-order valence-electron chi connectivity index (χ4n) is 1.47. The standard InChI is InChI=1S/C12H21N3O2/c1-3-15-6-4-11(10-15)8-13-9-12(16)14-5-7-17-2/h4,6,10,13H,3,5,7-9H2,1-2H3,(H,14,16). The van der Waals surface area contributed by atoms with E-state index >= 15 is 0 Å². The summed E-state index contributed by atoms with van der Waals surface area (Å²) in [5, 5.41) is 5.85. The van der Waals surface area contributed by atoms with Crippen LogP contribution in [-0.2, 0) is 22.6 Å². The van der Waals surface area contributed by atoms with Gasteiger partial charge in [-0.05, 0) is 18.6 Å². The van der Waals surface area contributed by atoms with Crippen LogP contribution in [0.15, 0.2) is 18.5 Å². The lowest BCUT2D eigenvalue weighted by Crippen LogP contribution is -2.35. The molecule has 0 spiro atoms. The highest BCUT2D eigenvalue weighted by Gasteiger charge is 2.00. The van der Waals surface area contributed by atoms with Gasteiger partial charge in [0.15, 0.2) is 0 Å². The third kappa shape index (κ3) is 5.51. The number of hydrogen-bond donors (Lipinski definition) is 2. The Balaban J connectivity index is 2.12. The van der Waals surface area contributed by atoms with E-state index in [0.717, 1.165) is 6.54 Å². The molecule has 0 saturated heterocycles. The van der Waals surface area contributed by atoms with Gasteiger partial charge in [-0.2, -0.15) is 0 Å². The number of aromatic nitrogens is 1. The molecule has 96 valence electrons. The highest BCUT2D eigenvalue weighted by Crippen LogP contribution is 1.99. The van der Waals surface area contributed by atoms with E-state index < -0.39 is 0 Å². The predicted octanol–water partition coefficient (Wildman–Crippen LogP) is 0.360. The molecule has 0 aliphatic carbocycles. The van der Waals surface area contributed by atoms with Crippen LogP contribution in [0.2, 0.25) is 0 Å². The minimum atomic E-state index is -0.00280. The van der Waals surface area contributed by atoms with E-state index in [-0.39, 0.29) is 5.91 Å². The normalized spacial score (nSPS) is 10.5. The number of hydrogen-bond acceptors (Lipinski definition) is 3. The Bertz CT molecular complexity index is 336. The van der Waals surface area contributed by atoms with Gasteiger partial charge in [-0.3, -0.25) is 4.79 Å². The van der Waals surface area contributed by atoms with Crippen LogP contribution in [0.4, 0.5) is 0 Å². The average molecular weight is 239 g/mol. The highest BCUT2D eigenvalue weighted by atomic mass is 16.5. The van der Waals surface area contributed by atoms with E-state index in [1.165, 1.54) is 5.56 Å². The quantitative estimate of drug-likeness (QED) is 0.644. The summed E-state index contributed by atoms with van der Waals surface area (Å²) in [6, 6.07) is 2.05. The molecule has 1 heterocycles. The van der Waals surface area contributed by atoms with Gasteiger partial charge in [0.2, 0.25) is 5.91 Å². The Morgan fingerprint density at radius 2 is 2.35 bits per heavy atom. The smallest absolute Gasteiger partial charge is 0.234 e. The van der Waals surface area contributed by atoms with Gasteiger partial charge in [-0.15, -0.1) is 0 Å². The molecule has 17 heavy (non-hydrogen) atoms. The van der Waals surface area contributed by atoms with Crippen LogP contribution in [-0.4, -0.2) is 37.3 Å². The number of aryl methyl sites for hydroxylation is 1. The van der Waals surface area contributed by atoms with Gasteiger partial charge >= 0.3 is 0 Å². The Labute approximate surface area is 102 Å². The molecule has 2 N–H and O–H groups in total. The molecular weight excluding hydrogens is 218 g/mol. The second-order valence-corrected chi connectivity index (χ2v) is 3.80. The maximum atomic E-state index is 11.3. The highest BCUT2D eigenvalue weighted by molar-refractivity contribution is 5.77. The van der Waals surface area contributed by atoms with Crippen molar-refractivity contribution in [1.29, 1.82) is 0 Å². The molecule has 5 nitrogen and oxygen atoms in total. The van der Waals surface area contributed by atoms with Gasteiger partial charge in [0.1, 0.15) is 0 Å². The Kier molecular flexibility index (Phi) is 6.35. The lowest BCUT2D eigenvalue weighted by atomic mass is 10.3. The third-order valence-corrected chi connectivity index (χ3v) is 2.42. The number of carbonyl (C=O) groups excluding carboxylic acids is 1. The first-order valence-electron chi connectivity index (χ1n) is 5.87. The zero-order valence-corrected chi connectivity index (χ0v) is 10.5. The molecule has 0 bridgehead atoms. The molecule has 5 heteroatoms. The molecule has 1 aromatic rings. The van der Waals surface area contributed by atoms with Crippen LogP contribution in [0, 0.1) is 0 Å². The molecular formula is C12H21N3O2. The van der Waals surface area contributed by atoms with Crippen molar-refractivity contribution >= 4 is 5.91 Å². The van der Waals surface area contributed by atoms with Crippen LogP contribution >= 0.6 is 0 Å². The zero-order valence-electron chi connectivity index (χ0n) is 10.5. The van der Waals surface area contributed by atoms with Crippen LogP contribution in [0.1, 0.15) is 12.5 Å². The summed E-state index contributed by atoms with van der Waals surface area (Å²) in [6.07, 6.45) is 4.12. The predicted molar refractivity (Wildman–Crippen MR) is 66.7 cm³/mol. The number of amides is 1. The van der Waals surface area contributed by atoms with Gasteiger partial charge < -0.3 is 19.9 Å². The summed E-state index contributed by atoms with van der Waals surface area (Å²) in [7, 11) is 1.61. The number of methoxy groups -OCH3 is 1. The first kappa shape index (κ1) is 13.7. The number of ether oxygens (including phenoxy) is 1. The molecule has 1 aromatic heterocycles. The Morgan fingerprint density at radius 1 is 1.53 bits per heavy atom. The summed E-state index contributed by atoms with van der Waals surface area (Å²) >= 11 is 0. The lowest BCUT2D eigenvalue weighted by molar-refractivity contribution is -0.120. The van der Waals surface area contributed by atoms with Crippen molar-refractivity contribution < 1.29 is 9.53 Å². The van der Waals surface area contributed by atoms with Crippen LogP contribution in [0.3, 0.4) is 0 Å². The SMILES string of the molecule is CCn1ccc(CNCC(=O)NCCOC)c1. The second kappa shape index (κ2) is 7.86. The summed E-state index contributed by atoms with van der Waals surface area (Å²) < 4.78 is 6.95. The first-order valence-corrected chi connectivity index (χ1v) is 5.87. The maximum absolute atomic E-state index is 11.3. The summed E-state index contributed by atoms with van der Waals surface area (Å²) in [6.45, 7) is 5.22. The van der Waals surface area contributed by atoms with Gasteiger partial charge in [0.05, 0.1) is 13.2 Å². The second-order valence-electron chi connectivity index (χ2n) is 3.80. The number of nitrogens with zero attached hydrogens (tertiary/aromatic N) is 1. The molecule has 0 aromatic carbocycles. The minimum Gasteiger partial charge on any atom is -0.383 e. The summed E-state index contributed by atoms with van der Waals surface area (Å²) in [4.78, 5) is 11.3. The minimum absolute atomic E-state index is 0.00280. The molecule has 0 radical (unpaired) electrons. The van der Waals surface area contributed by atoms with Crippen molar-refractivity contribution in [2.24, 2.45) is 0 Å². The van der Waals surface area contributed by atoms with Gasteiger partial charge in [0, 0.05) is 39.1 Å². The Morgan fingerprint density at radius 3 is 3.00 bits per heavy atom. The van der Waals surface area contributed by atoms with E-state index in [2.05, 4.69) is 34.4 Å². The van der Waals surface area contributed by atoms with Crippen molar-refractivity contribution in [3.05, 3.63) is 24.0 Å². The van der Waals surface area contributed by atoms with Crippen LogP contribution in [0.5, 0.6) is 0 Å². The molecule has 1 amide bonds. The number of carbonyl (C=O) groups is 1. The summed E-state index contributed by atoms with van der Waals surface area (Å²) in [5.74, 6) is -0.00280. The molecule has 0 fully saturated rings. The van der Waals surface area contributed by atoms with Crippen molar-refractivity contribution in [2.75, 3.05) is 26.8 Å².